The molecule has 0 radical (unpaired) electrons. The van der Waals surface area contributed by atoms with E-state index in [4.69, 9.17) is 9.47 Å². The van der Waals surface area contributed by atoms with Crippen molar-refractivity contribution < 1.29 is 14.3 Å². The van der Waals surface area contributed by atoms with E-state index in [2.05, 4.69) is 19.2 Å². The summed E-state index contributed by atoms with van der Waals surface area (Å²) in [6.07, 6.45) is 4.94. The number of carbonyl (C=O) groups excluding carboxylic acids is 1. The van der Waals surface area contributed by atoms with Crippen LogP contribution in [0.4, 0.5) is 5.69 Å². The van der Waals surface area contributed by atoms with E-state index >= 15 is 0 Å². The minimum absolute atomic E-state index is 0.0855. The van der Waals surface area contributed by atoms with Crippen molar-refractivity contribution >= 4 is 11.6 Å². The molecular weight excluding hydrogens is 290 g/mol. The highest BCUT2D eigenvalue weighted by molar-refractivity contribution is 5.97. The van der Waals surface area contributed by atoms with Crippen LogP contribution in [0.25, 0.3) is 0 Å². The van der Waals surface area contributed by atoms with Gasteiger partial charge in [-0.25, -0.2) is 0 Å². The molecule has 0 fully saturated rings. The molecule has 0 saturated carbocycles. The first-order valence-corrected chi connectivity index (χ1v) is 8.74. The van der Waals surface area contributed by atoms with E-state index in [1.807, 2.05) is 38.1 Å². The van der Waals surface area contributed by atoms with E-state index in [9.17, 15) is 4.79 Å². The molecule has 1 atom stereocenters. The Balaban J connectivity index is 2.66. The molecule has 1 amide bonds. The van der Waals surface area contributed by atoms with E-state index in [0.717, 1.165) is 43.5 Å². The highest BCUT2D eigenvalue weighted by atomic mass is 16.5. The monoisotopic (exact) mass is 321 g/mol. The van der Waals surface area contributed by atoms with Crippen molar-refractivity contribution in [1.29, 1.82) is 0 Å². The Labute approximate surface area is 140 Å². The summed E-state index contributed by atoms with van der Waals surface area (Å²) in [6.45, 7) is 9.25. The Bertz CT molecular complexity index is 458. The van der Waals surface area contributed by atoms with Crippen molar-refractivity contribution in [3.63, 3.8) is 0 Å². The summed E-state index contributed by atoms with van der Waals surface area (Å²) in [7, 11) is 0. The zero-order valence-corrected chi connectivity index (χ0v) is 15.0. The topological polar surface area (TPSA) is 47.6 Å². The number of carbonyl (C=O) groups is 1. The Hall–Kier alpha value is -1.55. The van der Waals surface area contributed by atoms with E-state index in [1.54, 1.807) is 0 Å². The maximum absolute atomic E-state index is 12.6. The lowest BCUT2D eigenvalue weighted by Crippen LogP contribution is -2.42. The summed E-state index contributed by atoms with van der Waals surface area (Å²) in [5.41, 5.74) is -0.0123. The van der Waals surface area contributed by atoms with Gasteiger partial charge in [0.05, 0.1) is 6.61 Å². The SMILES string of the molecule is CCCCC[C@@](C)(OCC)C(=O)Nc1ccc(OCCC)cc1. The smallest absolute Gasteiger partial charge is 0.256 e. The van der Waals surface area contributed by atoms with Crippen LogP contribution in [0.1, 0.15) is 59.8 Å². The number of anilines is 1. The molecule has 4 heteroatoms. The second-order valence-corrected chi connectivity index (χ2v) is 5.95. The normalized spacial score (nSPS) is 13.4. The fourth-order valence-electron chi connectivity index (χ4n) is 2.40. The molecule has 0 aromatic heterocycles. The van der Waals surface area contributed by atoms with Crippen LogP contribution in [0.2, 0.25) is 0 Å². The molecule has 130 valence electrons. The van der Waals surface area contributed by atoms with Crippen LogP contribution in [0, 0.1) is 0 Å². The van der Waals surface area contributed by atoms with E-state index in [0.29, 0.717) is 13.2 Å². The van der Waals surface area contributed by atoms with Gasteiger partial charge in [-0.1, -0.05) is 33.1 Å². The molecule has 0 aliphatic carbocycles. The number of ether oxygens (including phenoxy) is 2. The van der Waals surface area contributed by atoms with Crippen molar-refractivity contribution in [2.24, 2.45) is 0 Å². The van der Waals surface area contributed by atoms with Crippen LogP contribution in [0.15, 0.2) is 24.3 Å². The fourth-order valence-corrected chi connectivity index (χ4v) is 2.40. The van der Waals surface area contributed by atoms with Gasteiger partial charge in [0.2, 0.25) is 0 Å². The lowest BCUT2D eigenvalue weighted by Gasteiger charge is -2.28. The van der Waals surface area contributed by atoms with Crippen LogP contribution in [0.3, 0.4) is 0 Å². The van der Waals surface area contributed by atoms with Gasteiger partial charge in [-0.3, -0.25) is 4.79 Å². The van der Waals surface area contributed by atoms with E-state index in [1.165, 1.54) is 0 Å². The van der Waals surface area contributed by atoms with Gasteiger partial charge < -0.3 is 14.8 Å². The Morgan fingerprint density at radius 1 is 1.09 bits per heavy atom. The molecule has 23 heavy (non-hydrogen) atoms. The van der Waals surface area contributed by atoms with E-state index in [-0.39, 0.29) is 5.91 Å². The van der Waals surface area contributed by atoms with Crippen molar-refractivity contribution in [3.8, 4) is 5.75 Å². The van der Waals surface area contributed by atoms with Crippen molar-refractivity contribution in [3.05, 3.63) is 24.3 Å². The van der Waals surface area contributed by atoms with Gasteiger partial charge >= 0.3 is 0 Å². The first-order valence-electron chi connectivity index (χ1n) is 8.74. The summed E-state index contributed by atoms with van der Waals surface area (Å²) >= 11 is 0. The number of amides is 1. The average molecular weight is 321 g/mol. The van der Waals surface area contributed by atoms with Gasteiger partial charge in [0.15, 0.2) is 0 Å². The van der Waals surface area contributed by atoms with Gasteiger partial charge in [0.1, 0.15) is 11.4 Å². The van der Waals surface area contributed by atoms with Gasteiger partial charge in [0, 0.05) is 12.3 Å². The van der Waals surface area contributed by atoms with Gasteiger partial charge in [-0.05, 0) is 51.0 Å². The Kier molecular flexibility index (Phi) is 8.70. The first-order chi connectivity index (χ1) is 11.1. The molecule has 0 unspecified atom stereocenters. The van der Waals surface area contributed by atoms with Crippen molar-refractivity contribution in [2.45, 2.75) is 65.4 Å². The van der Waals surface area contributed by atoms with Crippen molar-refractivity contribution in [1.82, 2.24) is 0 Å². The van der Waals surface area contributed by atoms with Gasteiger partial charge in [-0.2, -0.15) is 0 Å². The molecule has 4 nitrogen and oxygen atoms in total. The van der Waals surface area contributed by atoms with Crippen LogP contribution >= 0.6 is 0 Å². The Morgan fingerprint density at radius 2 is 1.78 bits per heavy atom. The third kappa shape index (κ3) is 6.61. The number of nitrogens with one attached hydrogen (secondary N) is 1. The van der Waals surface area contributed by atoms with Crippen molar-refractivity contribution in [2.75, 3.05) is 18.5 Å². The van der Waals surface area contributed by atoms with Crippen LogP contribution in [-0.2, 0) is 9.53 Å². The van der Waals surface area contributed by atoms with Crippen LogP contribution in [0.5, 0.6) is 5.75 Å². The summed E-state index contributed by atoms with van der Waals surface area (Å²) in [4.78, 5) is 12.6. The summed E-state index contributed by atoms with van der Waals surface area (Å²) in [5.74, 6) is 0.734. The summed E-state index contributed by atoms with van der Waals surface area (Å²) in [5, 5.41) is 2.96. The summed E-state index contributed by atoms with van der Waals surface area (Å²) in [6, 6.07) is 7.48. The first kappa shape index (κ1) is 19.5. The molecule has 0 saturated heterocycles. The highest BCUT2D eigenvalue weighted by Gasteiger charge is 2.33. The number of rotatable bonds is 11. The quantitative estimate of drug-likeness (QED) is 0.596. The standard InChI is InChI=1S/C19H31NO3/c1-5-8-9-14-19(4,23-7-3)18(21)20-16-10-12-17(13-11-16)22-15-6-2/h10-13H,5-9,14-15H2,1-4H3,(H,20,21)/t19-/m1/s1. The molecule has 0 heterocycles. The predicted octanol–water partition coefficient (Wildman–Crippen LogP) is 4.79. The lowest BCUT2D eigenvalue weighted by atomic mass is 9.96. The Morgan fingerprint density at radius 3 is 2.35 bits per heavy atom. The van der Waals surface area contributed by atoms with Crippen LogP contribution < -0.4 is 10.1 Å². The molecular formula is C19H31NO3. The molecule has 1 N–H and O–H groups in total. The maximum atomic E-state index is 12.6. The lowest BCUT2D eigenvalue weighted by molar-refractivity contribution is -0.139. The maximum Gasteiger partial charge on any atom is 0.256 e. The number of benzene rings is 1. The molecule has 0 aliphatic heterocycles. The van der Waals surface area contributed by atoms with E-state index < -0.39 is 5.60 Å². The number of hydrogen-bond donors (Lipinski definition) is 1. The number of hydrogen-bond acceptors (Lipinski definition) is 3. The molecule has 1 aromatic rings. The zero-order chi connectivity index (χ0) is 17.1. The fraction of sp³-hybridized carbons (Fsp3) is 0.632. The third-order valence-corrected chi connectivity index (χ3v) is 3.79. The second kappa shape index (κ2) is 10.3. The van der Waals surface area contributed by atoms with Crippen LogP contribution in [-0.4, -0.2) is 24.7 Å². The second-order valence-electron chi connectivity index (χ2n) is 5.95. The largest absolute Gasteiger partial charge is 0.494 e. The predicted molar refractivity (Wildman–Crippen MR) is 95.0 cm³/mol. The minimum atomic E-state index is -0.776. The molecule has 0 bridgehead atoms. The summed E-state index contributed by atoms with van der Waals surface area (Å²) < 4.78 is 11.3. The minimum Gasteiger partial charge on any atom is -0.494 e. The van der Waals surface area contributed by atoms with Gasteiger partial charge in [0.25, 0.3) is 5.91 Å². The molecule has 1 aromatic carbocycles. The molecule has 0 aliphatic rings. The highest BCUT2D eigenvalue weighted by Crippen LogP contribution is 2.23. The molecule has 0 spiro atoms. The average Bonchev–Trinajstić information content (AvgIpc) is 2.54. The third-order valence-electron chi connectivity index (χ3n) is 3.79. The van der Waals surface area contributed by atoms with Gasteiger partial charge in [-0.15, -0.1) is 0 Å². The molecule has 1 rings (SSSR count). The zero-order valence-electron chi connectivity index (χ0n) is 15.0. The number of unbranched alkanes of at least 4 members (excludes halogenated alkanes) is 2.